The molecule has 2 unspecified atom stereocenters. The third-order valence-corrected chi connectivity index (χ3v) is 4.43. The fraction of sp³-hybridized carbons (Fsp3) is 0.538. The number of hydrogen-bond donors (Lipinski definition) is 1. The van der Waals surface area contributed by atoms with Crippen LogP contribution in [0.3, 0.4) is 0 Å². The highest BCUT2D eigenvalue weighted by molar-refractivity contribution is 9.10. The smallest absolute Gasteiger partial charge is 0.0406 e. The first-order valence-corrected chi connectivity index (χ1v) is 6.77. The number of halogens is 1. The molecule has 1 spiro atoms. The fourth-order valence-corrected chi connectivity index (χ4v) is 3.35. The molecular weight excluding hydrogens is 264 g/mol. The fourth-order valence-electron chi connectivity index (χ4n) is 2.99. The van der Waals surface area contributed by atoms with Crippen LogP contribution in [0.25, 0.3) is 0 Å². The molecule has 1 aliphatic carbocycles. The molecule has 2 N–H and O–H groups in total. The molecule has 86 valence electrons. The van der Waals surface area contributed by atoms with Gasteiger partial charge in [0.1, 0.15) is 0 Å². The number of anilines is 1. The van der Waals surface area contributed by atoms with Gasteiger partial charge in [-0.05, 0) is 36.6 Å². The second-order valence-electron chi connectivity index (χ2n) is 5.05. The van der Waals surface area contributed by atoms with Gasteiger partial charge in [0.25, 0.3) is 0 Å². The minimum absolute atomic E-state index is 0.272. The van der Waals surface area contributed by atoms with Gasteiger partial charge in [0.15, 0.2) is 0 Å². The number of fused-ring (bicyclic) bond motifs is 2. The van der Waals surface area contributed by atoms with Crippen LogP contribution in [0.5, 0.6) is 0 Å². The van der Waals surface area contributed by atoms with Crippen molar-refractivity contribution in [3.63, 3.8) is 0 Å². The van der Waals surface area contributed by atoms with Crippen LogP contribution in [-0.4, -0.2) is 19.1 Å². The number of nitrogens with zero attached hydrogens (tertiary/aromatic N) is 1. The van der Waals surface area contributed by atoms with Gasteiger partial charge in [0, 0.05) is 34.7 Å². The van der Waals surface area contributed by atoms with Gasteiger partial charge in [-0.15, -0.1) is 0 Å². The van der Waals surface area contributed by atoms with E-state index in [4.69, 9.17) is 5.73 Å². The van der Waals surface area contributed by atoms with Gasteiger partial charge in [-0.25, -0.2) is 0 Å². The quantitative estimate of drug-likeness (QED) is 0.903. The summed E-state index contributed by atoms with van der Waals surface area (Å²) in [5.41, 5.74) is 9.28. The predicted molar refractivity (Wildman–Crippen MR) is 70.9 cm³/mol. The maximum Gasteiger partial charge on any atom is 0.0406 e. The van der Waals surface area contributed by atoms with E-state index in [2.05, 4.69) is 46.0 Å². The Morgan fingerprint density at radius 1 is 1.56 bits per heavy atom. The van der Waals surface area contributed by atoms with Gasteiger partial charge in [-0.3, -0.25) is 0 Å². The van der Waals surface area contributed by atoms with Crippen molar-refractivity contribution in [2.24, 2.45) is 5.73 Å². The van der Waals surface area contributed by atoms with Crippen LogP contribution in [0.2, 0.25) is 0 Å². The molecule has 2 atom stereocenters. The summed E-state index contributed by atoms with van der Waals surface area (Å²) in [5, 5.41) is 0. The molecule has 0 radical (unpaired) electrons. The molecule has 3 heteroatoms. The Balaban J connectivity index is 2.04. The average Bonchev–Trinajstić information content (AvgIpc) is 2.79. The van der Waals surface area contributed by atoms with E-state index in [9.17, 15) is 0 Å². The molecule has 16 heavy (non-hydrogen) atoms. The summed E-state index contributed by atoms with van der Waals surface area (Å²) < 4.78 is 1.17. The van der Waals surface area contributed by atoms with Crippen LogP contribution in [0, 0.1) is 0 Å². The van der Waals surface area contributed by atoms with Crippen LogP contribution in [0.1, 0.15) is 25.3 Å². The van der Waals surface area contributed by atoms with Gasteiger partial charge >= 0.3 is 0 Å². The summed E-state index contributed by atoms with van der Waals surface area (Å²) in [4.78, 5) is 2.49. The zero-order chi connectivity index (χ0) is 11.3. The first-order chi connectivity index (χ1) is 7.67. The molecular formula is C13H17BrN2. The molecule has 2 nitrogen and oxygen atoms in total. The third-order valence-electron chi connectivity index (χ3n) is 3.94. The van der Waals surface area contributed by atoms with Crippen molar-refractivity contribution in [1.82, 2.24) is 0 Å². The van der Waals surface area contributed by atoms with Gasteiger partial charge in [-0.1, -0.05) is 22.9 Å². The first kappa shape index (κ1) is 10.6. The third kappa shape index (κ3) is 1.34. The summed E-state index contributed by atoms with van der Waals surface area (Å²) in [5.74, 6) is 0. The number of rotatable bonds is 2. The molecule has 0 amide bonds. The summed E-state index contributed by atoms with van der Waals surface area (Å²) in [6.07, 6.45) is 2.34. The van der Waals surface area contributed by atoms with Crippen LogP contribution in [0.15, 0.2) is 22.7 Å². The van der Waals surface area contributed by atoms with Crippen molar-refractivity contribution in [3.05, 3.63) is 28.2 Å². The molecule has 0 bridgehead atoms. The average molecular weight is 281 g/mol. The van der Waals surface area contributed by atoms with E-state index in [0.717, 1.165) is 19.5 Å². The zero-order valence-electron chi connectivity index (χ0n) is 9.54. The minimum atomic E-state index is 0.272. The lowest BCUT2D eigenvalue weighted by Gasteiger charge is -2.18. The van der Waals surface area contributed by atoms with Gasteiger partial charge < -0.3 is 10.6 Å². The molecule has 0 aromatic heterocycles. The zero-order valence-corrected chi connectivity index (χ0v) is 11.1. The van der Waals surface area contributed by atoms with Crippen LogP contribution in [-0.2, 0) is 5.41 Å². The van der Waals surface area contributed by atoms with Crippen molar-refractivity contribution in [2.45, 2.75) is 31.2 Å². The molecule has 1 saturated carbocycles. The van der Waals surface area contributed by atoms with Crippen LogP contribution < -0.4 is 10.6 Å². The summed E-state index contributed by atoms with van der Waals surface area (Å²) in [7, 11) is 0. The second kappa shape index (κ2) is 3.47. The highest BCUT2D eigenvalue weighted by Gasteiger charge is 2.58. The SMILES string of the molecule is CCCN1CC2(CC2N)c2cc(Br)ccc21. The Morgan fingerprint density at radius 2 is 2.31 bits per heavy atom. The van der Waals surface area contributed by atoms with Gasteiger partial charge in [0.2, 0.25) is 0 Å². The standard InChI is InChI=1S/C13H17BrN2/c1-2-5-16-8-13(7-12(13)15)10-6-9(14)3-4-11(10)16/h3-4,6,12H,2,5,7-8,15H2,1H3. The molecule has 1 aliphatic heterocycles. The maximum atomic E-state index is 6.14. The number of nitrogens with two attached hydrogens (primary N) is 1. The van der Waals surface area contributed by atoms with Crippen molar-refractivity contribution in [2.75, 3.05) is 18.0 Å². The normalized spacial score (nSPS) is 30.9. The summed E-state index contributed by atoms with van der Waals surface area (Å²) in [6, 6.07) is 6.99. The monoisotopic (exact) mass is 280 g/mol. The van der Waals surface area contributed by atoms with E-state index in [-0.39, 0.29) is 5.41 Å². The largest absolute Gasteiger partial charge is 0.370 e. The Bertz CT molecular complexity index is 432. The lowest BCUT2D eigenvalue weighted by molar-refractivity contribution is 0.663. The molecule has 2 aliphatic rings. The topological polar surface area (TPSA) is 29.3 Å². The molecule has 1 heterocycles. The number of hydrogen-bond acceptors (Lipinski definition) is 2. The van der Waals surface area contributed by atoms with E-state index < -0.39 is 0 Å². The van der Waals surface area contributed by atoms with Gasteiger partial charge in [-0.2, -0.15) is 0 Å². The predicted octanol–water partition coefficient (Wildman–Crippen LogP) is 2.65. The molecule has 3 rings (SSSR count). The molecule has 1 aromatic carbocycles. The summed E-state index contributed by atoms with van der Waals surface area (Å²) >= 11 is 3.56. The molecule has 1 fully saturated rings. The van der Waals surface area contributed by atoms with E-state index >= 15 is 0 Å². The number of benzene rings is 1. The Kier molecular flexibility index (Phi) is 2.30. The lowest BCUT2D eigenvalue weighted by Crippen LogP contribution is -2.28. The van der Waals surface area contributed by atoms with Crippen molar-refractivity contribution in [1.29, 1.82) is 0 Å². The molecule has 0 saturated heterocycles. The van der Waals surface area contributed by atoms with E-state index in [0.29, 0.717) is 6.04 Å². The van der Waals surface area contributed by atoms with Crippen LogP contribution >= 0.6 is 15.9 Å². The van der Waals surface area contributed by atoms with E-state index in [1.54, 1.807) is 0 Å². The Labute approximate surface area is 105 Å². The van der Waals surface area contributed by atoms with Crippen molar-refractivity contribution in [3.8, 4) is 0 Å². The summed E-state index contributed by atoms with van der Waals surface area (Å²) in [6.45, 7) is 4.49. The van der Waals surface area contributed by atoms with Crippen molar-refractivity contribution >= 4 is 21.6 Å². The van der Waals surface area contributed by atoms with Crippen molar-refractivity contribution < 1.29 is 0 Å². The second-order valence-corrected chi connectivity index (χ2v) is 5.97. The van der Waals surface area contributed by atoms with E-state index in [1.165, 1.54) is 22.1 Å². The Morgan fingerprint density at radius 3 is 2.94 bits per heavy atom. The first-order valence-electron chi connectivity index (χ1n) is 5.98. The highest BCUT2D eigenvalue weighted by atomic mass is 79.9. The lowest BCUT2D eigenvalue weighted by atomic mass is 9.98. The maximum absolute atomic E-state index is 6.14. The minimum Gasteiger partial charge on any atom is -0.370 e. The van der Waals surface area contributed by atoms with Gasteiger partial charge in [0.05, 0.1) is 0 Å². The molecule has 1 aromatic rings. The van der Waals surface area contributed by atoms with Crippen LogP contribution in [0.4, 0.5) is 5.69 Å². The Hall–Kier alpha value is -0.540. The highest BCUT2D eigenvalue weighted by Crippen LogP contribution is 2.55. The van der Waals surface area contributed by atoms with E-state index in [1.807, 2.05) is 0 Å².